The maximum absolute atomic E-state index is 13.3. The molecule has 0 bridgehead atoms. The zero-order chi connectivity index (χ0) is 23.7. The summed E-state index contributed by atoms with van der Waals surface area (Å²) in [7, 11) is 0. The lowest BCUT2D eigenvalue weighted by molar-refractivity contribution is -0.127. The predicted molar refractivity (Wildman–Crippen MR) is 131 cm³/mol. The van der Waals surface area contributed by atoms with Crippen molar-refractivity contribution in [2.24, 2.45) is 0 Å². The van der Waals surface area contributed by atoms with Crippen LogP contribution in [0, 0.1) is 19.7 Å². The average molecular weight is 528 g/mol. The zero-order valence-corrected chi connectivity index (χ0v) is 20.2. The maximum atomic E-state index is 13.3. The molecule has 1 aliphatic rings. The first kappa shape index (κ1) is 23.0. The normalized spacial score (nSPS) is 14.9. The van der Waals surface area contributed by atoms with Crippen molar-refractivity contribution in [2.45, 2.75) is 13.8 Å². The van der Waals surface area contributed by atoms with Gasteiger partial charge in [-0.1, -0.05) is 18.2 Å². The van der Waals surface area contributed by atoms with E-state index in [0.29, 0.717) is 0 Å². The van der Waals surface area contributed by atoms with E-state index in [1.807, 2.05) is 44.2 Å². The molecule has 2 heterocycles. The Balaban J connectivity index is 1.54. The summed E-state index contributed by atoms with van der Waals surface area (Å²) in [5.74, 6) is -1.62. The Bertz CT molecular complexity index is 1320. The number of hydrogen-bond acceptors (Lipinski definition) is 4. The van der Waals surface area contributed by atoms with E-state index in [9.17, 15) is 18.8 Å². The van der Waals surface area contributed by atoms with Crippen LogP contribution in [0.15, 0.2) is 64.0 Å². The number of aryl methyl sites for hydroxylation is 1. The van der Waals surface area contributed by atoms with Crippen LogP contribution < -0.4 is 5.32 Å². The van der Waals surface area contributed by atoms with Gasteiger partial charge in [0.05, 0.1) is 10.6 Å². The van der Waals surface area contributed by atoms with Crippen molar-refractivity contribution in [1.29, 1.82) is 0 Å². The van der Waals surface area contributed by atoms with Crippen molar-refractivity contribution in [3.8, 4) is 5.69 Å². The van der Waals surface area contributed by atoms with Gasteiger partial charge in [0.25, 0.3) is 11.1 Å². The minimum absolute atomic E-state index is 0.242. The minimum Gasteiger partial charge on any atom is -0.324 e. The monoisotopic (exact) mass is 527 g/mol. The van der Waals surface area contributed by atoms with Crippen molar-refractivity contribution in [1.82, 2.24) is 9.47 Å². The first-order chi connectivity index (χ1) is 15.7. The topological polar surface area (TPSA) is 71.4 Å². The fourth-order valence-electron chi connectivity index (χ4n) is 3.63. The van der Waals surface area contributed by atoms with Gasteiger partial charge in [0.1, 0.15) is 12.4 Å². The SMILES string of the molecule is Cc1cc(/C=C2/SC(=O)N(CC(=O)Nc3cccc(F)c3)C2=O)c(C)n1-c1ccccc1Br. The van der Waals surface area contributed by atoms with Crippen molar-refractivity contribution in [2.75, 3.05) is 11.9 Å². The molecular formula is C24H19BrFN3O3S. The quantitative estimate of drug-likeness (QED) is 0.434. The van der Waals surface area contributed by atoms with Gasteiger partial charge in [0, 0.05) is 21.5 Å². The maximum Gasteiger partial charge on any atom is 0.294 e. The van der Waals surface area contributed by atoms with Gasteiger partial charge in [-0.25, -0.2) is 4.39 Å². The minimum atomic E-state index is -0.587. The number of para-hydroxylation sites is 1. The number of imide groups is 1. The summed E-state index contributed by atoms with van der Waals surface area (Å²) >= 11 is 4.36. The lowest BCUT2D eigenvalue weighted by atomic mass is 10.2. The Morgan fingerprint density at radius 3 is 2.61 bits per heavy atom. The Labute approximate surface area is 202 Å². The van der Waals surface area contributed by atoms with Crippen LogP contribution in [-0.4, -0.2) is 33.1 Å². The van der Waals surface area contributed by atoms with Crippen LogP contribution in [-0.2, 0) is 9.59 Å². The van der Waals surface area contributed by atoms with E-state index >= 15 is 0 Å². The van der Waals surface area contributed by atoms with Gasteiger partial charge in [-0.3, -0.25) is 19.3 Å². The molecule has 0 radical (unpaired) electrons. The van der Waals surface area contributed by atoms with Gasteiger partial charge in [0.2, 0.25) is 5.91 Å². The number of rotatable bonds is 5. The Morgan fingerprint density at radius 1 is 1.12 bits per heavy atom. The van der Waals surface area contributed by atoms with Crippen LogP contribution in [0.3, 0.4) is 0 Å². The summed E-state index contributed by atoms with van der Waals surface area (Å²) in [6.07, 6.45) is 1.67. The molecule has 0 spiro atoms. The number of aromatic nitrogens is 1. The number of nitrogens with one attached hydrogen (secondary N) is 1. The number of anilines is 1. The number of amides is 3. The predicted octanol–water partition coefficient (Wildman–Crippen LogP) is 5.67. The van der Waals surface area contributed by atoms with E-state index in [2.05, 4.69) is 25.8 Å². The first-order valence-corrected chi connectivity index (χ1v) is 11.6. The van der Waals surface area contributed by atoms with Crippen LogP contribution in [0.5, 0.6) is 0 Å². The van der Waals surface area contributed by atoms with Crippen molar-refractivity contribution in [3.63, 3.8) is 0 Å². The highest BCUT2D eigenvalue weighted by Crippen LogP contribution is 2.34. The fourth-order valence-corrected chi connectivity index (χ4v) is 4.92. The average Bonchev–Trinajstić information content (AvgIpc) is 3.18. The Morgan fingerprint density at radius 2 is 1.88 bits per heavy atom. The molecule has 0 atom stereocenters. The molecule has 3 aromatic rings. The van der Waals surface area contributed by atoms with E-state index in [-0.39, 0.29) is 10.6 Å². The molecule has 0 saturated carbocycles. The molecule has 1 fully saturated rings. The summed E-state index contributed by atoms with van der Waals surface area (Å²) in [6, 6.07) is 15.2. The fraction of sp³-hybridized carbons (Fsp3) is 0.125. The third kappa shape index (κ3) is 4.79. The number of benzene rings is 2. The summed E-state index contributed by atoms with van der Waals surface area (Å²) in [5.41, 5.74) is 3.91. The summed E-state index contributed by atoms with van der Waals surface area (Å²) in [6.45, 7) is 3.45. The Kier molecular flexibility index (Phi) is 6.53. The van der Waals surface area contributed by atoms with E-state index in [4.69, 9.17) is 0 Å². The molecule has 0 unspecified atom stereocenters. The second-order valence-electron chi connectivity index (χ2n) is 7.44. The molecule has 6 nitrogen and oxygen atoms in total. The number of thioether (sulfide) groups is 1. The van der Waals surface area contributed by atoms with E-state index in [1.54, 1.807) is 6.08 Å². The molecule has 3 amide bonds. The number of nitrogens with zero attached hydrogens (tertiary/aromatic N) is 2. The second-order valence-corrected chi connectivity index (χ2v) is 9.29. The molecule has 4 rings (SSSR count). The standard InChI is InChI=1S/C24H19BrFN3O3S/c1-14-10-16(15(2)29(14)20-9-4-3-8-19(20)25)11-21-23(31)28(24(32)33-21)13-22(30)27-18-7-5-6-17(26)12-18/h3-12H,13H2,1-2H3,(H,27,30)/b21-11+. The molecule has 1 aliphatic heterocycles. The van der Waals surface area contributed by atoms with Gasteiger partial charge in [-0.15, -0.1) is 0 Å². The van der Waals surface area contributed by atoms with Crippen LogP contribution in [0.1, 0.15) is 17.0 Å². The number of halogens is 2. The number of carbonyl (C=O) groups excluding carboxylic acids is 3. The molecule has 1 N–H and O–H groups in total. The number of hydrogen-bond donors (Lipinski definition) is 1. The van der Waals surface area contributed by atoms with Gasteiger partial charge < -0.3 is 9.88 Å². The van der Waals surface area contributed by atoms with Gasteiger partial charge in [-0.05, 0) is 89.6 Å². The summed E-state index contributed by atoms with van der Waals surface area (Å²) in [4.78, 5) is 38.7. The van der Waals surface area contributed by atoms with E-state index < -0.39 is 29.4 Å². The second kappa shape index (κ2) is 9.36. The van der Waals surface area contributed by atoms with Crippen LogP contribution in [0.25, 0.3) is 11.8 Å². The van der Waals surface area contributed by atoms with E-state index in [0.717, 1.165) is 49.8 Å². The highest BCUT2D eigenvalue weighted by Gasteiger charge is 2.36. The van der Waals surface area contributed by atoms with Crippen LogP contribution in [0.2, 0.25) is 0 Å². The summed E-state index contributed by atoms with van der Waals surface area (Å²) in [5, 5.41) is 1.97. The molecule has 2 aromatic carbocycles. The summed E-state index contributed by atoms with van der Waals surface area (Å²) < 4.78 is 16.3. The highest BCUT2D eigenvalue weighted by atomic mass is 79.9. The van der Waals surface area contributed by atoms with Crippen molar-refractivity contribution in [3.05, 3.63) is 86.7 Å². The third-order valence-electron chi connectivity index (χ3n) is 5.13. The molecule has 168 valence electrons. The van der Waals surface area contributed by atoms with Crippen molar-refractivity contribution >= 4 is 56.5 Å². The van der Waals surface area contributed by atoms with Crippen molar-refractivity contribution < 1.29 is 18.8 Å². The van der Waals surface area contributed by atoms with Crippen LogP contribution >= 0.6 is 27.7 Å². The van der Waals surface area contributed by atoms with Crippen LogP contribution in [0.4, 0.5) is 14.9 Å². The Hall–Kier alpha value is -3.17. The van der Waals surface area contributed by atoms with Gasteiger partial charge in [0.15, 0.2) is 0 Å². The number of carbonyl (C=O) groups is 3. The molecule has 1 aromatic heterocycles. The molecule has 1 saturated heterocycles. The molecule has 0 aliphatic carbocycles. The lowest BCUT2D eigenvalue weighted by Gasteiger charge is -2.12. The third-order valence-corrected chi connectivity index (χ3v) is 6.71. The zero-order valence-electron chi connectivity index (χ0n) is 17.8. The van der Waals surface area contributed by atoms with E-state index in [1.165, 1.54) is 18.2 Å². The molecular weight excluding hydrogens is 509 g/mol. The van der Waals surface area contributed by atoms with Gasteiger partial charge in [-0.2, -0.15) is 0 Å². The lowest BCUT2D eigenvalue weighted by Crippen LogP contribution is -2.36. The largest absolute Gasteiger partial charge is 0.324 e. The smallest absolute Gasteiger partial charge is 0.294 e. The molecule has 33 heavy (non-hydrogen) atoms. The van der Waals surface area contributed by atoms with Gasteiger partial charge >= 0.3 is 0 Å². The molecule has 9 heteroatoms. The highest BCUT2D eigenvalue weighted by molar-refractivity contribution is 9.10. The first-order valence-electron chi connectivity index (χ1n) is 9.99.